The van der Waals surface area contributed by atoms with E-state index in [1.165, 1.54) is 196 Å². The van der Waals surface area contributed by atoms with Crippen molar-refractivity contribution in [2.45, 2.75) is 79.1 Å². The summed E-state index contributed by atoms with van der Waals surface area (Å²) in [5.41, 5.74) is 18.9. The molecule has 0 aromatic heterocycles. The molecular formula is C80H60. The summed E-state index contributed by atoms with van der Waals surface area (Å²) in [7, 11) is 0. The summed E-state index contributed by atoms with van der Waals surface area (Å²) in [6.07, 6.45) is 0. The van der Waals surface area contributed by atoms with Crippen molar-refractivity contribution in [1.82, 2.24) is 0 Å². The van der Waals surface area contributed by atoms with E-state index in [0.29, 0.717) is 23.7 Å². The highest BCUT2D eigenvalue weighted by Gasteiger charge is 2.34. The molecule has 0 heteroatoms. The highest BCUT2D eigenvalue weighted by Crippen LogP contribution is 2.62. The molecule has 0 saturated carbocycles. The van der Waals surface area contributed by atoms with Crippen LogP contribution in [0.1, 0.15) is 101 Å². The smallest absolute Gasteiger partial charge is 0.000696 e. The van der Waals surface area contributed by atoms with Gasteiger partial charge in [0.15, 0.2) is 0 Å². The fourth-order valence-corrected chi connectivity index (χ4v) is 15.4. The summed E-state index contributed by atoms with van der Waals surface area (Å²) in [6, 6.07) is 76.5. The molecule has 80 heavy (non-hydrogen) atoms. The van der Waals surface area contributed by atoms with Crippen molar-refractivity contribution in [2.24, 2.45) is 0 Å². The molecule has 0 unspecified atom stereocenters. The van der Waals surface area contributed by atoms with Crippen molar-refractivity contribution in [3.8, 4) is 55.6 Å². The Morgan fingerprint density at radius 3 is 1.09 bits per heavy atom. The quantitative estimate of drug-likeness (QED) is 0.110. The van der Waals surface area contributed by atoms with Crippen LogP contribution in [0.2, 0.25) is 0 Å². The zero-order valence-corrected chi connectivity index (χ0v) is 46.8. The van der Waals surface area contributed by atoms with Gasteiger partial charge in [0.1, 0.15) is 0 Å². The molecule has 0 heterocycles. The third kappa shape index (κ3) is 6.01. The molecule has 0 N–H and O–H groups in total. The van der Waals surface area contributed by atoms with E-state index in [2.05, 4.69) is 250 Å². The van der Waals surface area contributed by atoms with Gasteiger partial charge in [0.05, 0.1) is 0 Å². The van der Waals surface area contributed by atoms with Gasteiger partial charge in [-0.2, -0.15) is 0 Å². The van der Waals surface area contributed by atoms with E-state index in [0.717, 1.165) is 0 Å². The van der Waals surface area contributed by atoms with Gasteiger partial charge < -0.3 is 0 Å². The molecule has 0 saturated heterocycles. The molecule has 16 aromatic carbocycles. The standard InChI is InChI=1S/C80H60/c1-41(2)48-33-49(42(3)4)36-52(35-48)69-66-39-46-19-12-13-20-47(46)40-67(66)70(53-37-50(43(5)6)34-51(38-53)44(7)8)79-64-31-27-58-60-28-32-65-75-62(29-25-59(72(60)75)57-26-30-63(78(69)79)74(64)71(57)58)77-68(45-17-10-9-11-18-45)61-24-16-23-55-54-21-14-15-22-56(54)76(73(55)61)80(65)77/h9-44H,1-8H3. The van der Waals surface area contributed by atoms with Crippen molar-refractivity contribution in [1.29, 1.82) is 0 Å². The molecule has 0 bridgehead atoms. The second-order valence-corrected chi connectivity index (χ2v) is 24.9. The first-order chi connectivity index (χ1) is 39.0. The molecule has 380 valence electrons. The van der Waals surface area contributed by atoms with Crippen LogP contribution in [0, 0.1) is 0 Å². The topological polar surface area (TPSA) is 0 Å². The van der Waals surface area contributed by atoms with Gasteiger partial charge in [0, 0.05) is 0 Å². The summed E-state index contributed by atoms with van der Waals surface area (Å²) in [5, 5.41) is 29.6. The van der Waals surface area contributed by atoms with Crippen LogP contribution in [0.4, 0.5) is 0 Å². The fourth-order valence-electron chi connectivity index (χ4n) is 15.4. The van der Waals surface area contributed by atoms with Crippen molar-refractivity contribution < 1.29 is 0 Å². The molecule has 0 spiro atoms. The highest BCUT2D eigenvalue weighted by molar-refractivity contribution is 6.51. The lowest BCUT2D eigenvalue weighted by atomic mass is 9.79. The van der Waals surface area contributed by atoms with Crippen LogP contribution in [0.5, 0.6) is 0 Å². The molecule has 0 aliphatic heterocycles. The average molecular weight is 1020 g/mol. The van der Waals surface area contributed by atoms with Crippen LogP contribution in [-0.2, 0) is 0 Å². The van der Waals surface area contributed by atoms with Gasteiger partial charge in [-0.3, -0.25) is 0 Å². The Morgan fingerprint density at radius 1 is 0.200 bits per heavy atom. The number of fused-ring (bicyclic) bond motifs is 14. The first-order valence-corrected chi connectivity index (χ1v) is 29.3. The minimum atomic E-state index is 0.382. The third-order valence-corrected chi connectivity index (χ3v) is 19.2. The molecule has 16 aromatic rings. The SMILES string of the molecule is CC(C)c1cc(-c2c3c(c(-c4cc(C(C)C)cc(C(C)C)c4)c4cc5ccccc5cc24)-c2ccc4c5ccc6c7c(ccc(c8ccc-3c2c84)c57)c2c(-c3ccccc3)c3cccc4c5ccccc5c(c34)c62)cc(C(C)C)c1. The van der Waals surface area contributed by atoms with Crippen molar-refractivity contribution in [2.75, 3.05) is 0 Å². The normalized spacial score (nSPS) is 12.9. The Hall–Kier alpha value is -8.84. The predicted octanol–water partition coefficient (Wildman–Crippen LogP) is 23.8. The molecular weight excluding hydrogens is 961 g/mol. The monoisotopic (exact) mass is 1020 g/mol. The summed E-state index contributed by atoms with van der Waals surface area (Å²) in [6.45, 7) is 18.8. The first kappa shape index (κ1) is 46.1. The van der Waals surface area contributed by atoms with E-state index in [1.54, 1.807) is 0 Å². The van der Waals surface area contributed by atoms with E-state index in [9.17, 15) is 0 Å². The zero-order valence-electron chi connectivity index (χ0n) is 46.8. The van der Waals surface area contributed by atoms with Gasteiger partial charge in [-0.05, 0) is 232 Å². The van der Waals surface area contributed by atoms with E-state index in [-0.39, 0.29) is 0 Å². The van der Waals surface area contributed by atoms with Gasteiger partial charge in [0.2, 0.25) is 0 Å². The molecule has 0 nitrogen and oxygen atoms in total. The lowest BCUT2D eigenvalue weighted by Gasteiger charge is -2.24. The average Bonchev–Trinajstić information content (AvgIpc) is 3.08. The number of hydrogen-bond donors (Lipinski definition) is 0. The van der Waals surface area contributed by atoms with Crippen LogP contribution in [0.15, 0.2) is 194 Å². The predicted molar refractivity (Wildman–Crippen MR) is 350 cm³/mol. The Balaban J connectivity index is 1.04. The molecule has 1 aliphatic carbocycles. The Morgan fingerprint density at radius 2 is 0.562 bits per heavy atom. The fraction of sp³-hybridized carbons (Fsp3) is 0.150. The van der Waals surface area contributed by atoms with Gasteiger partial charge in [-0.15, -0.1) is 0 Å². The minimum Gasteiger partial charge on any atom is -0.0622 e. The zero-order chi connectivity index (χ0) is 53.7. The summed E-state index contributed by atoms with van der Waals surface area (Å²) < 4.78 is 0. The van der Waals surface area contributed by atoms with Crippen LogP contribution in [0.25, 0.3) is 174 Å². The Labute approximate surface area is 466 Å². The van der Waals surface area contributed by atoms with E-state index in [4.69, 9.17) is 0 Å². The number of benzene rings is 14. The van der Waals surface area contributed by atoms with Gasteiger partial charge in [-0.25, -0.2) is 0 Å². The van der Waals surface area contributed by atoms with Gasteiger partial charge in [-0.1, -0.05) is 237 Å². The third-order valence-electron chi connectivity index (χ3n) is 19.2. The van der Waals surface area contributed by atoms with Crippen molar-refractivity contribution in [3.63, 3.8) is 0 Å². The molecule has 0 amide bonds. The molecule has 17 rings (SSSR count). The maximum absolute atomic E-state index is 2.53. The van der Waals surface area contributed by atoms with Crippen molar-refractivity contribution in [3.05, 3.63) is 216 Å². The van der Waals surface area contributed by atoms with E-state index < -0.39 is 0 Å². The lowest BCUT2D eigenvalue weighted by molar-refractivity contribution is 0.834. The summed E-state index contributed by atoms with van der Waals surface area (Å²) in [4.78, 5) is 0. The van der Waals surface area contributed by atoms with E-state index in [1.807, 2.05) is 0 Å². The molecule has 0 radical (unpaired) electrons. The highest BCUT2D eigenvalue weighted by atomic mass is 14.4. The molecule has 1 aliphatic rings. The van der Waals surface area contributed by atoms with Gasteiger partial charge >= 0.3 is 0 Å². The second kappa shape index (κ2) is 16.4. The minimum absolute atomic E-state index is 0.382. The maximum Gasteiger partial charge on any atom is -0.000696 e. The Bertz CT molecular complexity index is 5100. The number of rotatable bonds is 7. The lowest BCUT2D eigenvalue weighted by Crippen LogP contribution is -1.99. The summed E-state index contributed by atoms with van der Waals surface area (Å²) in [5.74, 6) is 1.53. The van der Waals surface area contributed by atoms with Crippen molar-refractivity contribution >= 4 is 118 Å². The van der Waals surface area contributed by atoms with Gasteiger partial charge in [0.25, 0.3) is 0 Å². The number of hydrogen-bond acceptors (Lipinski definition) is 0. The van der Waals surface area contributed by atoms with Crippen LogP contribution in [-0.4, -0.2) is 0 Å². The Kier molecular flexibility index (Phi) is 9.44. The molecule has 0 fully saturated rings. The summed E-state index contributed by atoms with van der Waals surface area (Å²) >= 11 is 0. The molecule has 0 atom stereocenters. The van der Waals surface area contributed by atoms with Crippen LogP contribution < -0.4 is 0 Å². The largest absolute Gasteiger partial charge is 0.0622 e. The first-order valence-electron chi connectivity index (χ1n) is 29.3. The van der Waals surface area contributed by atoms with Crippen LogP contribution >= 0.6 is 0 Å². The van der Waals surface area contributed by atoms with E-state index >= 15 is 0 Å². The second-order valence-electron chi connectivity index (χ2n) is 24.9. The van der Waals surface area contributed by atoms with Crippen LogP contribution in [0.3, 0.4) is 0 Å². The maximum atomic E-state index is 2.53.